The SMILES string of the molecule is COC(=O)[C@@]1(C)SC(N(COCC[Si](C)(C)C)C(=O)OC(C)(C)C)=N[C@](C)(c2cc(N)ccc2F)C1C. The van der Waals surface area contributed by atoms with Gasteiger partial charge in [-0.15, -0.1) is 0 Å². The molecule has 1 aromatic rings. The van der Waals surface area contributed by atoms with Gasteiger partial charge >= 0.3 is 12.1 Å². The Kier molecular flexibility index (Phi) is 9.52. The summed E-state index contributed by atoms with van der Waals surface area (Å²) in [4.78, 5) is 32.7. The highest BCUT2D eigenvalue weighted by Crippen LogP contribution is 2.52. The van der Waals surface area contributed by atoms with Gasteiger partial charge < -0.3 is 19.9 Å². The summed E-state index contributed by atoms with van der Waals surface area (Å²) in [6.07, 6.45) is -0.677. The number of amidine groups is 1. The molecule has 1 unspecified atom stereocenters. The average molecular weight is 556 g/mol. The van der Waals surface area contributed by atoms with Gasteiger partial charge in [0.15, 0.2) is 5.17 Å². The number of ether oxygens (including phenoxy) is 3. The van der Waals surface area contributed by atoms with Crippen LogP contribution in [0.3, 0.4) is 0 Å². The molecule has 0 saturated heterocycles. The number of esters is 1. The number of carbonyl (C=O) groups excluding carboxylic acids is 2. The van der Waals surface area contributed by atoms with Crippen LogP contribution >= 0.6 is 11.8 Å². The zero-order valence-corrected chi connectivity index (χ0v) is 25.5. The number of anilines is 1. The van der Waals surface area contributed by atoms with Crippen molar-refractivity contribution >= 4 is 42.8 Å². The zero-order valence-electron chi connectivity index (χ0n) is 23.7. The molecule has 11 heteroatoms. The van der Waals surface area contributed by atoms with Crippen LogP contribution in [0.25, 0.3) is 0 Å². The van der Waals surface area contributed by atoms with Crippen molar-refractivity contribution in [1.82, 2.24) is 4.90 Å². The van der Waals surface area contributed by atoms with Gasteiger partial charge in [-0.3, -0.25) is 9.79 Å². The highest BCUT2D eigenvalue weighted by Gasteiger charge is 2.56. The number of halogens is 1. The van der Waals surface area contributed by atoms with E-state index in [1.165, 1.54) is 30.2 Å². The zero-order chi connectivity index (χ0) is 28.4. The number of rotatable bonds is 7. The molecular formula is C26H42FN3O5SSi. The van der Waals surface area contributed by atoms with Crippen LogP contribution in [0, 0.1) is 11.7 Å². The first-order valence-electron chi connectivity index (χ1n) is 12.3. The lowest BCUT2D eigenvalue weighted by Crippen LogP contribution is -2.55. The summed E-state index contributed by atoms with van der Waals surface area (Å²) in [5, 5.41) is 0.178. The van der Waals surface area contributed by atoms with Crippen LogP contribution in [0.4, 0.5) is 14.9 Å². The van der Waals surface area contributed by atoms with Crippen molar-refractivity contribution in [2.45, 2.75) is 83.1 Å². The van der Waals surface area contributed by atoms with Crippen molar-refractivity contribution in [3.63, 3.8) is 0 Å². The number of nitrogens with zero attached hydrogens (tertiary/aromatic N) is 2. The monoisotopic (exact) mass is 555 g/mol. The summed E-state index contributed by atoms with van der Waals surface area (Å²) in [6, 6.07) is 5.16. The fourth-order valence-corrected chi connectivity index (χ4v) is 6.11. The third-order valence-electron chi connectivity index (χ3n) is 6.49. The predicted molar refractivity (Wildman–Crippen MR) is 150 cm³/mol. The molecule has 208 valence electrons. The topological polar surface area (TPSA) is 103 Å². The second kappa shape index (κ2) is 11.3. The molecule has 8 nitrogen and oxygen atoms in total. The van der Waals surface area contributed by atoms with Gasteiger partial charge in [0, 0.05) is 31.8 Å². The van der Waals surface area contributed by atoms with Crippen molar-refractivity contribution in [3.05, 3.63) is 29.6 Å². The molecule has 0 bridgehead atoms. The average Bonchev–Trinajstić information content (AvgIpc) is 2.76. The summed E-state index contributed by atoms with van der Waals surface area (Å²) in [5.74, 6) is -1.57. The first-order valence-corrected chi connectivity index (χ1v) is 16.9. The Morgan fingerprint density at radius 2 is 1.86 bits per heavy atom. The number of thioether (sulfide) groups is 1. The van der Waals surface area contributed by atoms with Crippen LogP contribution in [0.5, 0.6) is 0 Å². The third-order valence-corrected chi connectivity index (χ3v) is 9.63. The van der Waals surface area contributed by atoms with Gasteiger partial charge in [0.05, 0.1) is 12.6 Å². The molecule has 1 amide bonds. The number of nitrogen functional groups attached to an aromatic ring is 1. The van der Waals surface area contributed by atoms with E-state index in [0.717, 1.165) is 17.8 Å². The maximum Gasteiger partial charge on any atom is 0.418 e. The van der Waals surface area contributed by atoms with Crippen molar-refractivity contribution in [2.75, 3.05) is 26.2 Å². The van der Waals surface area contributed by atoms with Gasteiger partial charge in [-0.1, -0.05) is 38.3 Å². The van der Waals surface area contributed by atoms with E-state index in [4.69, 9.17) is 24.9 Å². The molecule has 0 spiro atoms. The lowest BCUT2D eigenvalue weighted by Gasteiger charge is -2.47. The van der Waals surface area contributed by atoms with Gasteiger partial charge in [-0.25, -0.2) is 14.1 Å². The number of nitrogens with two attached hydrogens (primary N) is 1. The second-order valence-corrected chi connectivity index (χ2v) is 19.0. The third kappa shape index (κ3) is 7.48. The van der Waals surface area contributed by atoms with Crippen LogP contribution in [-0.2, 0) is 24.5 Å². The Morgan fingerprint density at radius 1 is 1.24 bits per heavy atom. The molecule has 3 atom stereocenters. The molecule has 0 aromatic heterocycles. The first-order chi connectivity index (χ1) is 16.8. The standard InChI is InChI=1S/C26H42FN3O5SSi/c1-17-25(5,19-15-18(28)11-12-20(19)27)29-22(36-26(17,6)21(31)33-7)30(23(32)35-24(2,3)4)16-34-13-14-37(8,9)10/h11-12,15,17H,13-14,16,28H2,1-10H3/t17?,25-,26-/m0/s1. The normalized spacial score (nSPS) is 24.3. The van der Waals surface area contributed by atoms with Gasteiger partial charge in [0.25, 0.3) is 0 Å². The lowest BCUT2D eigenvalue weighted by atomic mass is 9.73. The van der Waals surface area contributed by atoms with Crippen LogP contribution in [0.1, 0.15) is 47.1 Å². The molecule has 0 radical (unpaired) electrons. The van der Waals surface area contributed by atoms with Crippen LogP contribution in [0.2, 0.25) is 25.7 Å². The van der Waals surface area contributed by atoms with Crippen molar-refractivity contribution in [3.8, 4) is 0 Å². The summed E-state index contributed by atoms with van der Waals surface area (Å²) in [7, 11) is -0.0734. The van der Waals surface area contributed by atoms with Crippen molar-refractivity contribution < 1.29 is 28.2 Å². The molecule has 1 heterocycles. The fourth-order valence-electron chi connectivity index (χ4n) is 3.93. The van der Waals surface area contributed by atoms with E-state index in [2.05, 4.69) is 19.6 Å². The molecule has 1 aliphatic heterocycles. The minimum Gasteiger partial charge on any atom is -0.468 e. The van der Waals surface area contributed by atoms with Gasteiger partial charge in [0.1, 0.15) is 22.9 Å². The molecular weight excluding hydrogens is 513 g/mol. The number of benzene rings is 1. The molecule has 1 aliphatic rings. The van der Waals surface area contributed by atoms with Gasteiger partial charge in [0.2, 0.25) is 0 Å². The Hall–Kier alpha value is -2.11. The van der Waals surface area contributed by atoms with Crippen molar-refractivity contribution in [2.24, 2.45) is 10.9 Å². The number of amides is 1. The summed E-state index contributed by atoms with van der Waals surface area (Å²) >= 11 is 1.08. The van der Waals surface area contributed by atoms with Gasteiger partial charge in [-0.2, -0.15) is 0 Å². The molecule has 0 aliphatic carbocycles. The molecule has 0 fully saturated rings. The summed E-state index contributed by atoms with van der Waals surface area (Å²) in [5.41, 5.74) is 4.54. The Balaban J connectivity index is 2.65. The molecule has 2 N–H and O–H groups in total. The minimum atomic E-state index is -1.37. The van der Waals surface area contributed by atoms with E-state index < -0.39 is 47.8 Å². The van der Waals surface area contributed by atoms with E-state index >= 15 is 4.39 Å². The lowest BCUT2D eigenvalue weighted by molar-refractivity contribution is -0.145. The molecule has 37 heavy (non-hydrogen) atoms. The van der Waals surface area contributed by atoms with Crippen molar-refractivity contribution in [1.29, 1.82) is 0 Å². The molecule has 0 saturated carbocycles. The Bertz CT molecular complexity index is 1040. The van der Waals surface area contributed by atoms with E-state index in [1.54, 1.807) is 34.6 Å². The number of methoxy groups -OCH3 is 1. The molecule has 1 aromatic carbocycles. The summed E-state index contributed by atoms with van der Waals surface area (Å²) in [6.45, 7) is 17.6. The van der Waals surface area contributed by atoms with E-state index in [-0.39, 0.29) is 17.5 Å². The van der Waals surface area contributed by atoms with Crippen LogP contribution in [-0.4, -0.2) is 61.0 Å². The highest BCUT2D eigenvalue weighted by molar-refractivity contribution is 8.15. The largest absolute Gasteiger partial charge is 0.468 e. The fraction of sp³-hybridized carbons (Fsp3) is 0.654. The minimum absolute atomic E-state index is 0.133. The van der Waals surface area contributed by atoms with E-state index in [0.29, 0.717) is 12.3 Å². The van der Waals surface area contributed by atoms with Gasteiger partial charge in [-0.05, 0) is 58.9 Å². The number of hydrogen-bond acceptors (Lipinski definition) is 8. The molecule has 2 rings (SSSR count). The van der Waals surface area contributed by atoms with E-state index in [9.17, 15) is 9.59 Å². The van der Waals surface area contributed by atoms with Crippen LogP contribution in [0.15, 0.2) is 23.2 Å². The predicted octanol–water partition coefficient (Wildman–Crippen LogP) is 5.84. The maximum atomic E-state index is 15.2. The number of carbonyl (C=O) groups is 2. The number of hydrogen-bond donors (Lipinski definition) is 1. The van der Waals surface area contributed by atoms with Crippen LogP contribution < -0.4 is 5.73 Å². The maximum absolute atomic E-state index is 15.2. The first kappa shape index (κ1) is 31.1. The quantitative estimate of drug-likeness (QED) is 0.148. The summed E-state index contributed by atoms with van der Waals surface area (Å²) < 4.78 is 30.7. The Labute approximate surface area is 225 Å². The number of aliphatic imine (C=N–C) groups is 1. The smallest absolute Gasteiger partial charge is 0.418 e. The Morgan fingerprint density at radius 3 is 2.41 bits per heavy atom. The second-order valence-electron chi connectivity index (χ2n) is 12.0. The van der Waals surface area contributed by atoms with E-state index in [1.807, 2.05) is 6.92 Å². The highest BCUT2D eigenvalue weighted by atomic mass is 32.2.